The summed E-state index contributed by atoms with van der Waals surface area (Å²) in [6.07, 6.45) is 7.69. The summed E-state index contributed by atoms with van der Waals surface area (Å²) >= 11 is 1.55. The molecule has 1 aliphatic rings. The van der Waals surface area contributed by atoms with Gasteiger partial charge in [-0.3, -0.25) is 0 Å². The number of allylic oxidation sites excluding steroid dienone is 4. The molecule has 0 amide bonds. The summed E-state index contributed by atoms with van der Waals surface area (Å²) in [5.41, 5.74) is 4.18. The Morgan fingerprint density at radius 1 is 1.21 bits per heavy atom. The number of rotatable bonds is 2. The van der Waals surface area contributed by atoms with Crippen LogP contribution in [0.4, 0.5) is 0 Å². The molecule has 0 aliphatic heterocycles. The summed E-state index contributed by atoms with van der Waals surface area (Å²) < 4.78 is 1.48. The van der Waals surface area contributed by atoms with Gasteiger partial charge in [0.2, 0.25) is 0 Å². The van der Waals surface area contributed by atoms with E-state index >= 15 is 0 Å². The fourth-order valence-corrected chi connectivity index (χ4v) is 2.54. The van der Waals surface area contributed by atoms with Gasteiger partial charge in [-0.25, -0.2) is 0 Å². The molecule has 1 aromatic carbocycles. The first kappa shape index (κ1) is 9.80. The van der Waals surface area contributed by atoms with Gasteiger partial charge >= 0.3 is 95.8 Å². The van der Waals surface area contributed by atoms with Crippen molar-refractivity contribution < 1.29 is 19.4 Å². The normalized spacial score (nSPS) is 14.2. The maximum absolute atomic E-state index is 2.22. The molecule has 1 heteroatoms. The Labute approximate surface area is 95.8 Å². The molecule has 0 unspecified atom stereocenters. The zero-order valence-electron chi connectivity index (χ0n) is 8.16. The van der Waals surface area contributed by atoms with Crippen LogP contribution < -0.4 is 0 Å². The molecular formula is C13H12W. The average Bonchev–Trinajstić information content (AvgIpc) is 2.71. The van der Waals surface area contributed by atoms with Crippen molar-refractivity contribution in [3.8, 4) is 0 Å². The SMILES string of the molecule is Cc1ccc([C](=[W])C2=CC=CC2)cc1. The predicted molar refractivity (Wildman–Crippen MR) is 57.1 cm³/mol. The third-order valence-corrected chi connectivity index (χ3v) is 4.17. The van der Waals surface area contributed by atoms with Gasteiger partial charge in [-0.2, -0.15) is 0 Å². The summed E-state index contributed by atoms with van der Waals surface area (Å²) in [5.74, 6) is 0. The molecule has 0 N–H and O–H groups in total. The topological polar surface area (TPSA) is 0 Å². The van der Waals surface area contributed by atoms with Crippen molar-refractivity contribution in [2.24, 2.45) is 0 Å². The number of aryl methyl sites for hydroxylation is 1. The van der Waals surface area contributed by atoms with Crippen LogP contribution in [0.5, 0.6) is 0 Å². The molecule has 1 aliphatic carbocycles. The van der Waals surface area contributed by atoms with Crippen LogP contribution in [0.25, 0.3) is 0 Å². The first-order chi connectivity index (χ1) is 6.77. The standard InChI is InChI=1S/C13H12.W/c1-11-6-8-13(9-7-11)10-12-4-2-3-5-12;/h2-4,6-9H,5H2,1H3;. The molecular weight excluding hydrogens is 340 g/mol. The van der Waals surface area contributed by atoms with E-state index in [-0.39, 0.29) is 0 Å². The summed E-state index contributed by atoms with van der Waals surface area (Å²) in [6, 6.07) is 8.80. The zero-order valence-corrected chi connectivity index (χ0v) is 11.1. The van der Waals surface area contributed by atoms with E-state index in [4.69, 9.17) is 0 Å². The van der Waals surface area contributed by atoms with Crippen LogP contribution in [-0.4, -0.2) is 3.90 Å². The zero-order chi connectivity index (χ0) is 9.97. The molecule has 0 aromatic heterocycles. The van der Waals surface area contributed by atoms with Crippen molar-refractivity contribution >= 4 is 3.90 Å². The van der Waals surface area contributed by atoms with Gasteiger partial charge < -0.3 is 0 Å². The average molecular weight is 352 g/mol. The Hall–Kier alpha value is -0.742. The van der Waals surface area contributed by atoms with Crippen molar-refractivity contribution in [2.45, 2.75) is 13.3 Å². The molecule has 0 saturated heterocycles. The maximum atomic E-state index is 2.22. The minimum atomic E-state index is 1.10. The summed E-state index contributed by atoms with van der Waals surface area (Å²) in [7, 11) is 0. The van der Waals surface area contributed by atoms with Crippen molar-refractivity contribution in [2.75, 3.05) is 0 Å². The van der Waals surface area contributed by atoms with Gasteiger partial charge in [0, 0.05) is 0 Å². The third-order valence-electron chi connectivity index (χ3n) is 2.38. The second-order valence-electron chi connectivity index (χ2n) is 3.52. The second-order valence-corrected chi connectivity index (χ2v) is 4.99. The Balaban J connectivity index is 2.23. The van der Waals surface area contributed by atoms with Gasteiger partial charge in [-0.05, 0) is 0 Å². The van der Waals surface area contributed by atoms with E-state index in [9.17, 15) is 0 Å². The van der Waals surface area contributed by atoms with E-state index in [2.05, 4.69) is 49.4 Å². The first-order valence-electron chi connectivity index (χ1n) is 4.74. The van der Waals surface area contributed by atoms with Crippen molar-refractivity contribution in [1.82, 2.24) is 0 Å². The minimum absolute atomic E-state index is 1.10. The van der Waals surface area contributed by atoms with Crippen molar-refractivity contribution in [1.29, 1.82) is 0 Å². The molecule has 0 atom stereocenters. The molecule has 0 heterocycles. The van der Waals surface area contributed by atoms with Crippen LogP contribution in [0.3, 0.4) is 0 Å². The Morgan fingerprint density at radius 2 is 1.93 bits per heavy atom. The molecule has 14 heavy (non-hydrogen) atoms. The molecule has 0 radical (unpaired) electrons. The van der Waals surface area contributed by atoms with Gasteiger partial charge in [0.05, 0.1) is 0 Å². The van der Waals surface area contributed by atoms with E-state index in [0.29, 0.717) is 0 Å². The fraction of sp³-hybridized carbons (Fsp3) is 0.154. The van der Waals surface area contributed by atoms with Crippen LogP contribution in [-0.2, 0) is 19.4 Å². The van der Waals surface area contributed by atoms with Crippen molar-refractivity contribution in [3.05, 3.63) is 59.2 Å². The Kier molecular flexibility index (Phi) is 2.93. The summed E-state index contributed by atoms with van der Waals surface area (Å²) in [6.45, 7) is 2.13. The second kappa shape index (κ2) is 4.19. The van der Waals surface area contributed by atoms with Crippen molar-refractivity contribution in [3.63, 3.8) is 0 Å². The van der Waals surface area contributed by atoms with Gasteiger partial charge in [0.1, 0.15) is 0 Å². The van der Waals surface area contributed by atoms with Crippen LogP contribution in [0, 0.1) is 6.92 Å². The quantitative estimate of drug-likeness (QED) is 0.768. The van der Waals surface area contributed by atoms with Gasteiger partial charge in [-0.15, -0.1) is 0 Å². The molecule has 0 spiro atoms. The molecule has 0 nitrogen and oxygen atoms in total. The van der Waals surface area contributed by atoms with Gasteiger partial charge in [0.15, 0.2) is 0 Å². The monoisotopic (exact) mass is 352 g/mol. The van der Waals surface area contributed by atoms with E-state index in [0.717, 1.165) is 6.42 Å². The predicted octanol–water partition coefficient (Wildman–Crippen LogP) is 2.95. The van der Waals surface area contributed by atoms with Crippen LogP contribution in [0.2, 0.25) is 0 Å². The molecule has 0 saturated carbocycles. The molecule has 70 valence electrons. The van der Waals surface area contributed by atoms with Gasteiger partial charge in [0.25, 0.3) is 0 Å². The molecule has 1 aromatic rings. The number of hydrogen-bond donors (Lipinski definition) is 0. The summed E-state index contributed by atoms with van der Waals surface area (Å²) in [5, 5.41) is 0. The van der Waals surface area contributed by atoms with Crippen LogP contribution in [0.1, 0.15) is 17.5 Å². The first-order valence-corrected chi connectivity index (χ1v) is 6.21. The van der Waals surface area contributed by atoms with Crippen LogP contribution >= 0.6 is 0 Å². The third kappa shape index (κ3) is 2.01. The van der Waals surface area contributed by atoms with E-state index < -0.39 is 0 Å². The summed E-state index contributed by atoms with van der Waals surface area (Å²) in [4.78, 5) is 0. The molecule has 0 fully saturated rings. The number of hydrogen-bond acceptors (Lipinski definition) is 0. The Morgan fingerprint density at radius 3 is 2.50 bits per heavy atom. The van der Waals surface area contributed by atoms with Crippen LogP contribution in [0.15, 0.2) is 48.1 Å². The van der Waals surface area contributed by atoms with E-state index in [1.54, 1.807) is 19.4 Å². The molecule has 2 rings (SSSR count). The van der Waals surface area contributed by atoms with Gasteiger partial charge in [-0.1, -0.05) is 0 Å². The Bertz CT molecular complexity index is 407. The number of benzene rings is 1. The molecule has 0 bridgehead atoms. The fourth-order valence-electron chi connectivity index (χ4n) is 1.51. The van der Waals surface area contributed by atoms with E-state index in [1.807, 2.05) is 0 Å². The van der Waals surface area contributed by atoms with E-state index in [1.165, 1.54) is 20.6 Å².